The first kappa shape index (κ1) is 14.8. The van der Waals surface area contributed by atoms with Gasteiger partial charge in [-0.15, -0.1) is 0 Å². The van der Waals surface area contributed by atoms with Gasteiger partial charge < -0.3 is 15.1 Å². The highest BCUT2D eigenvalue weighted by molar-refractivity contribution is 4.94. The van der Waals surface area contributed by atoms with Crippen LogP contribution in [0.3, 0.4) is 0 Å². The van der Waals surface area contributed by atoms with E-state index in [4.69, 9.17) is 0 Å². The van der Waals surface area contributed by atoms with Crippen LogP contribution in [0.4, 0.5) is 0 Å². The van der Waals surface area contributed by atoms with E-state index in [0.717, 1.165) is 23.9 Å². The summed E-state index contributed by atoms with van der Waals surface area (Å²) in [7, 11) is 4.59. The van der Waals surface area contributed by atoms with E-state index in [1.807, 2.05) is 0 Å². The average molecular weight is 279 g/mol. The van der Waals surface area contributed by atoms with Crippen LogP contribution in [0.25, 0.3) is 0 Å². The van der Waals surface area contributed by atoms with Crippen molar-refractivity contribution < 1.29 is 0 Å². The first-order chi connectivity index (χ1) is 9.63. The van der Waals surface area contributed by atoms with Crippen molar-refractivity contribution in [2.75, 3.05) is 33.7 Å². The van der Waals surface area contributed by atoms with Gasteiger partial charge in [0.25, 0.3) is 0 Å². The molecule has 0 aromatic heterocycles. The van der Waals surface area contributed by atoms with Crippen LogP contribution in [0.5, 0.6) is 0 Å². The van der Waals surface area contributed by atoms with Gasteiger partial charge in [0, 0.05) is 18.1 Å². The van der Waals surface area contributed by atoms with Crippen LogP contribution >= 0.6 is 0 Å². The summed E-state index contributed by atoms with van der Waals surface area (Å²) >= 11 is 0. The lowest BCUT2D eigenvalue weighted by Gasteiger charge is -2.38. The van der Waals surface area contributed by atoms with E-state index in [9.17, 15) is 0 Å². The molecule has 3 heterocycles. The van der Waals surface area contributed by atoms with E-state index in [-0.39, 0.29) is 0 Å². The fourth-order valence-corrected chi connectivity index (χ4v) is 4.74. The Morgan fingerprint density at radius 1 is 1.00 bits per heavy atom. The van der Waals surface area contributed by atoms with Gasteiger partial charge >= 0.3 is 0 Å². The van der Waals surface area contributed by atoms with Crippen molar-refractivity contribution in [3.63, 3.8) is 0 Å². The van der Waals surface area contributed by atoms with E-state index in [0.29, 0.717) is 6.04 Å². The monoisotopic (exact) mass is 279 g/mol. The third-order valence-corrected chi connectivity index (χ3v) is 6.39. The zero-order valence-electron chi connectivity index (χ0n) is 13.6. The van der Waals surface area contributed by atoms with Crippen molar-refractivity contribution in [2.24, 2.45) is 11.8 Å². The van der Waals surface area contributed by atoms with E-state index in [2.05, 4.69) is 36.1 Å². The molecule has 0 aromatic rings. The topological polar surface area (TPSA) is 18.5 Å². The molecule has 3 heteroatoms. The molecule has 0 aliphatic carbocycles. The van der Waals surface area contributed by atoms with Gasteiger partial charge in [0.2, 0.25) is 0 Å². The summed E-state index contributed by atoms with van der Waals surface area (Å²) in [6.45, 7) is 6.25. The minimum atomic E-state index is 0.709. The zero-order chi connectivity index (χ0) is 14.1. The van der Waals surface area contributed by atoms with Crippen molar-refractivity contribution in [3.05, 3.63) is 0 Å². The molecule has 0 saturated carbocycles. The van der Waals surface area contributed by atoms with Crippen LogP contribution in [0.2, 0.25) is 0 Å². The summed E-state index contributed by atoms with van der Waals surface area (Å²) < 4.78 is 0. The molecule has 0 amide bonds. The quantitative estimate of drug-likeness (QED) is 0.851. The lowest BCUT2D eigenvalue weighted by molar-refractivity contribution is 0.126. The molecule has 3 saturated heterocycles. The third kappa shape index (κ3) is 3.20. The van der Waals surface area contributed by atoms with Gasteiger partial charge in [0.05, 0.1) is 0 Å². The lowest BCUT2D eigenvalue weighted by Crippen LogP contribution is -2.46. The maximum atomic E-state index is 3.88. The number of likely N-dealkylation sites (tertiary alicyclic amines) is 1. The lowest BCUT2D eigenvalue weighted by atomic mass is 9.88. The Morgan fingerprint density at radius 3 is 2.20 bits per heavy atom. The van der Waals surface area contributed by atoms with Crippen LogP contribution in [0.1, 0.15) is 45.4 Å². The molecule has 1 N–H and O–H groups in total. The highest BCUT2D eigenvalue weighted by Crippen LogP contribution is 2.37. The van der Waals surface area contributed by atoms with Gasteiger partial charge in [-0.25, -0.2) is 0 Å². The van der Waals surface area contributed by atoms with Crippen molar-refractivity contribution in [1.82, 2.24) is 15.1 Å². The Hall–Kier alpha value is -0.120. The summed E-state index contributed by atoms with van der Waals surface area (Å²) in [5, 5.41) is 3.88. The van der Waals surface area contributed by atoms with E-state index in [1.54, 1.807) is 0 Å². The smallest absolute Gasteiger partial charge is 0.00988 e. The van der Waals surface area contributed by atoms with E-state index in [1.165, 1.54) is 58.2 Å². The summed E-state index contributed by atoms with van der Waals surface area (Å²) in [4.78, 5) is 5.12. The maximum absolute atomic E-state index is 3.88. The first-order valence-electron chi connectivity index (χ1n) is 8.77. The molecule has 3 atom stereocenters. The Kier molecular flexibility index (Phi) is 4.68. The largest absolute Gasteiger partial charge is 0.314 e. The molecule has 3 aliphatic heterocycles. The highest BCUT2D eigenvalue weighted by atomic mass is 15.2. The Morgan fingerprint density at radius 2 is 1.60 bits per heavy atom. The van der Waals surface area contributed by atoms with Gasteiger partial charge in [-0.3, -0.25) is 0 Å². The van der Waals surface area contributed by atoms with E-state index >= 15 is 0 Å². The Labute approximate surface area is 125 Å². The highest BCUT2D eigenvalue weighted by Gasteiger charge is 2.38. The molecule has 2 bridgehead atoms. The van der Waals surface area contributed by atoms with Gasteiger partial charge in [0.1, 0.15) is 0 Å². The molecule has 3 nitrogen and oxygen atoms in total. The number of fused-ring (bicyclic) bond motifs is 2. The van der Waals surface area contributed by atoms with Crippen LogP contribution in [0, 0.1) is 11.8 Å². The summed E-state index contributed by atoms with van der Waals surface area (Å²) in [6, 6.07) is 2.49. The number of hydrogen-bond acceptors (Lipinski definition) is 3. The SMILES string of the molecule is CC(NCC1CC2CCC(C1)N2C)C1CCN(C)CC1. The van der Waals surface area contributed by atoms with Crippen molar-refractivity contribution >= 4 is 0 Å². The van der Waals surface area contributed by atoms with Gasteiger partial charge in [0.15, 0.2) is 0 Å². The average Bonchev–Trinajstić information content (AvgIpc) is 2.66. The molecule has 0 aromatic carbocycles. The van der Waals surface area contributed by atoms with Crippen molar-refractivity contribution in [2.45, 2.75) is 63.6 Å². The second-order valence-corrected chi connectivity index (χ2v) is 7.73. The number of piperidine rings is 2. The first-order valence-corrected chi connectivity index (χ1v) is 8.77. The van der Waals surface area contributed by atoms with Gasteiger partial charge in [-0.1, -0.05) is 0 Å². The molecule has 0 spiro atoms. The molecule has 0 radical (unpaired) electrons. The molecule has 3 rings (SSSR count). The van der Waals surface area contributed by atoms with Crippen molar-refractivity contribution in [1.29, 1.82) is 0 Å². The molecule has 3 fully saturated rings. The second-order valence-electron chi connectivity index (χ2n) is 7.73. The number of nitrogens with one attached hydrogen (secondary N) is 1. The predicted octanol–water partition coefficient (Wildman–Crippen LogP) is 2.18. The summed E-state index contributed by atoms with van der Waals surface area (Å²) in [6.07, 6.45) is 8.51. The zero-order valence-corrected chi connectivity index (χ0v) is 13.6. The third-order valence-electron chi connectivity index (χ3n) is 6.39. The fraction of sp³-hybridized carbons (Fsp3) is 1.00. The van der Waals surface area contributed by atoms with Crippen LogP contribution < -0.4 is 5.32 Å². The summed E-state index contributed by atoms with van der Waals surface area (Å²) in [5.41, 5.74) is 0. The fourth-order valence-electron chi connectivity index (χ4n) is 4.74. The van der Waals surface area contributed by atoms with Crippen LogP contribution in [0.15, 0.2) is 0 Å². The predicted molar refractivity (Wildman–Crippen MR) is 85.0 cm³/mol. The second kappa shape index (κ2) is 6.33. The standard InChI is InChI=1S/C17H33N3/c1-13(15-6-8-19(2)9-7-15)18-12-14-10-16-4-5-17(11-14)20(16)3/h13-18H,4-12H2,1-3H3. The number of hydrogen-bond donors (Lipinski definition) is 1. The molecule has 116 valence electrons. The minimum absolute atomic E-state index is 0.709. The Bertz CT molecular complexity index is 297. The molecule has 20 heavy (non-hydrogen) atoms. The van der Waals surface area contributed by atoms with Crippen LogP contribution in [-0.2, 0) is 0 Å². The molecule has 3 aliphatic rings. The number of rotatable bonds is 4. The molecular weight excluding hydrogens is 246 g/mol. The minimum Gasteiger partial charge on any atom is -0.314 e. The van der Waals surface area contributed by atoms with Gasteiger partial charge in [-0.05, 0) is 91.0 Å². The van der Waals surface area contributed by atoms with Crippen molar-refractivity contribution in [3.8, 4) is 0 Å². The summed E-state index contributed by atoms with van der Waals surface area (Å²) in [5.74, 6) is 1.83. The molecular formula is C17H33N3. The Balaban J connectivity index is 1.41. The van der Waals surface area contributed by atoms with Crippen LogP contribution in [-0.4, -0.2) is 61.7 Å². The van der Waals surface area contributed by atoms with E-state index < -0.39 is 0 Å². The normalized spacial score (nSPS) is 38.2. The molecule has 3 unspecified atom stereocenters. The maximum Gasteiger partial charge on any atom is 0.00988 e. The van der Waals surface area contributed by atoms with Gasteiger partial charge in [-0.2, -0.15) is 0 Å². The number of nitrogens with zero attached hydrogens (tertiary/aromatic N) is 2.